The molecule has 0 aliphatic carbocycles. The van der Waals surface area contributed by atoms with Gasteiger partial charge in [-0.15, -0.1) is 0 Å². The van der Waals surface area contributed by atoms with E-state index in [1.54, 1.807) is 24.3 Å². The Morgan fingerprint density at radius 2 is 1.94 bits per heavy atom. The lowest BCUT2D eigenvalue weighted by Crippen LogP contribution is -2.28. The van der Waals surface area contributed by atoms with Crippen molar-refractivity contribution in [3.8, 4) is 0 Å². The van der Waals surface area contributed by atoms with Gasteiger partial charge >= 0.3 is 0 Å². The van der Waals surface area contributed by atoms with Crippen LogP contribution in [0.2, 0.25) is 0 Å². The van der Waals surface area contributed by atoms with Crippen molar-refractivity contribution < 1.29 is 4.79 Å². The van der Waals surface area contributed by atoms with E-state index in [2.05, 4.69) is 4.98 Å². The number of nitrogens with two attached hydrogens (primary N) is 1. The molecule has 1 aromatic heterocycles. The summed E-state index contributed by atoms with van der Waals surface area (Å²) in [4.78, 5) is 26.5. The zero-order valence-corrected chi connectivity index (χ0v) is 9.88. The molecule has 0 saturated carbocycles. The van der Waals surface area contributed by atoms with Gasteiger partial charge in [-0.25, -0.2) is 4.98 Å². The van der Waals surface area contributed by atoms with E-state index >= 15 is 0 Å². The zero-order valence-electron chi connectivity index (χ0n) is 9.88. The first-order chi connectivity index (χ1) is 8.18. The third kappa shape index (κ3) is 3.41. The van der Waals surface area contributed by atoms with Gasteiger partial charge in [-0.1, -0.05) is 33.4 Å². The first kappa shape index (κ1) is 15.8. The summed E-state index contributed by atoms with van der Waals surface area (Å²) < 4.78 is 1.20. The summed E-state index contributed by atoms with van der Waals surface area (Å²) in [6.45, 7) is 3.86. The van der Waals surface area contributed by atoms with Crippen molar-refractivity contribution >= 4 is 16.8 Å². The smallest absolute Gasteiger partial charge is 0.261 e. The Labute approximate surface area is 106 Å². The maximum absolute atomic E-state index is 11.8. The van der Waals surface area contributed by atoms with Crippen molar-refractivity contribution in [3.05, 3.63) is 40.9 Å². The molecule has 0 saturated heterocycles. The van der Waals surface area contributed by atoms with Crippen molar-refractivity contribution in [2.45, 2.75) is 27.8 Å². The molecule has 0 aliphatic rings. The first-order valence-corrected chi connectivity index (χ1v) is 5.41. The minimum Gasteiger partial charge on any atom is -0.368 e. The molecule has 2 N–H and O–H groups in total. The highest BCUT2D eigenvalue weighted by atomic mass is 16.2. The number of nitrogens with zero attached hydrogens (tertiary/aromatic N) is 2. The second-order valence-electron chi connectivity index (χ2n) is 3.16. The van der Waals surface area contributed by atoms with Crippen molar-refractivity contribution in [1.29, 1.82) is 0 Å². The first-order valence-electron chi connectivity index (χ1n) is 5.41. The van der Waals surface area contributed by atoms with Gasteiger partial charge < -0.3 is 5.73 Å². The average Bonchev–Trinajstić information content (AvgIpc) is 2.35. The van der Waals surface area contributed by atoms with E-state index < -0.39 is 5.91 Å². The number of hydrogen-bond donors (Lipinski definition) is 1. The molecular formula is C13H19N3O2. The van der Waals surface area contributed by atoms with Crippen LogP contribution in [0.3, 0.4) is 0 Å². The summed E-state index contributed by atoms with van der Waals surface area (Å²) in [6.07, 6.45) is 1.33. The number of fused-ring (bicyclic) bond motifs is 1. The van der Waals surface area contributed by atoms with Crippen molar-refractivity contribution in [1.82, 2.24) is 9.55 Å². The number of carbonyl (C=O) groups excluding carboxylic acids is 1. The van der Waals surface area contributed by atoms with Gasteiger partial charge in [-0.2, -0.15) is 0 Å². The largest absolute Gasteiger partial charge is 0.368 e. The van der Waals surface area contributed by atoms with E-state index in [9.17, 15) is 9.59 Å². The predicted octanol–water partition coefficient (Wildman–Crippen LogP) is 1.54. The molecule has 0 atom stereocenters. The van der Waals surface area contributed by atoms with Crippen LogP contribution in [0.4, 0.5) is 0 Å². The normalized spacial score (nSPS) is 9.00. The monoisotopic (exact) mass is 249 g/mol. The Balaban J connectivity index is 0.000000917. The molecule has 5 heteroatoms. The highest BCUT2D eigenvalue weighted by Gasteiger charge is 2.04. The molecule has 0 radical (unpaired) electrons. The van der Waals surface area contributed by atoms with Gasteiger partial charge in [0, 0.05) is 0 Å². The number of primary amides is 1. The number of amides is 1. The summed E-state index contributed by atoms with van der Waals surface area (Å²) in [5.41, 5.74) is 5.37. The summed E-state index contributed by atoms with van der Waals surface area (Å²) in [5.74, 6) is -0.561. The molecule has 0 bridgehead atoms. The highest BCUT2D eigenvalue weighted by Crippen LogP contribution is 2.04. The molecule has 0 spiro atoms. The summed E-state index contributed by atoms with van der Waals surface area (Å²) in [7, 11) is 0. The Kier molecular flexibility index (Phi) is 6.34. The number of rotatable bonds is 2. The molecule has 1 heterocycles. The Morgan fingerprint density at radius 3 is 2.56 bits per heavy atom. The summed E-state index contributed by atoms with van der Waals surface area (Å²) in [6, 6.07) is 6.96. The van der Waals surface area contributed by atoms with Gasteiger partial charge in [-0.3, -0.25) is 14.2 Å². The van der Waals surface area contributed by atoms with Gasteiger partial charge in [0.25, 0.3) is 5.56 Å². The number of hydrogen-bond acceptors (Lipinski definition) is 3. The molecule has 5 nitrogen and oxygen atoms in total. The molecule has 1 amide bonds. The number of benzene rings is 1. The standard InChI is InChI=1S/C10H9N3O2.C2H6.CH4/c11-9(14)5-13-6-12-8-4-2-1-3-7(8)10(13)15;1-2;/h1-4,6H,5H2,(H2,11,14);1-2H3;1H4. The number of carbonyl (C=O) groups is 1. The number of para-hydroxylation sites is 1. The maximum atomic E-state index is 11.8. The van der Waals surface area contributed by atoms with Crippen LogP contribution in [0.15, 0.2) is 35.4 Å². The van der Waals surface area contributed by atoms with Crippen LogP contribution < -0.4 is 11.3 Å². The van der Waals surface area contributed by atoms with Gasteiger partial charge in [0.05, 0.1) is 17.2 Å². The lowest BCUT2D eigenvalue weighted by atomic mass is 10.2. The molecule has 2 aromatic rings. The Bertz CT molecular complexity index is 576. The minimum absolute atomic E-state index is 0. The number of aromatic nitrogens is 2. The lowest BCUT2D eigenvalue weighted by Gasteiger charge is -2.02. The lowest BCUT2D eigenvalue weighted by molar-refractivity contribution is -0.118. The second-order valence-corrected chi connectivity index (χ2v) is 3.16. The topological polar surface area (TPSA) is 78.0 Å². The molecule has 98 valence electrons. The molecular weight excluding hydrogens is 230 g/mol. The molecule has 18 heavy (non-hydrogen) atoms. The van der Waals surface area contributed by atoms with E-state index in [-0.39, 0.29) is 19.5 Å². The fraction of sp³-hybridized carbons (Fsp3) is 0.308. The molecule has 0 fully saturated rings. The quantitative estimate of drug-likeness (QED) is 0.877. The summed E-state index contributed by atoms with van der Waals surface area (Å²) >= 11 is 0. The van der Waals surface area contributed by atoms with Crippen molar-refractivity contribution in [2.24, 2.45) is 5.73 Å². The van der Waals surface area contributed by atoms with Crippen LogP contribution in [0.1, 0.15) is 21.3 Å². The van der Waals surface area contributed by atoms with E-state index in [1.807, 2.05) is 13.8 Å². The van der Waals surface area contributed by atoms with Crippen LogP contribution in [-0.2, 0) is 11.3 Å². The zero-order chi connectivity index (χ0) is 12.8. The van der Waals surface area contributed by atoms with Crippen LogP contribution in [-0.4, -0.2) is 15.5 Å². The third-order valence-electron chi connectivity index (χ3n) is 2.06. The van der Waals surface area contributed by atoms with Gasteiger partial charge in [0.2, 0.25) is 5.91 Å². The fourth-order valence-electron chi connectivity index (χ4n) is 1.39. The Hall–Kier alpha value is -2.17. The molecule has 0 aliphatic heterocycles. The molecule has 2 rings (SSSR count). The SMILES string of the molecule is C.CC.NC(=O)Cn1cnc2ccccc2c1=O. The fourth-order valence-corrected chi connectivity index (χ4v) is 1.39. The second kappa shape index (κ2) is 7.21. The van der Waals surface area contributed by atoms with E-state index in [4.69, 9.17) is 5.73 Å². The predicted molar refractivity (Wildman–Crippen MR) is 73.3 cm³/mol. The third-order valence-corrected chi connectivity index (χ3v) is 2.06. The van der Waals surface area contributed by atoms with E-state index in [0.29, 0.717) is 10.9 Å². The summed E-state index contributed by atoms with van der Waals surface area (Å²) in [5, 5.41) is 0.487. The van der Waals surface area contributed by atoms with E-state index in [0.717, 1.165) is 0 Å². The van der Waals surface area contributed by atoms with E-state index in [1.165, 1.54) is 10.9 Å². The van der Waals surface area contributed by atoms with Gasteiger partial charge in [0.15, 0.2) is 0 Å². The molecule has 0 unspecified atom stereocenters. The van der Waals surface area contributed by atoms with Gasteiger partial charge in [0.1, 0.15) is 6.54 Å². The molecule has 1 aromatic carbocycles. The minimum atomic E-state index is -0.561. The van der Waals surface area contributed by atoms with Crippen LogP contribution in [0.25, 0.3) is 10.9 Å². The van der Waals surface area contributed by atoms with Crippen molar-refractivity contribution in [2.75, 3.05) is 0 Å². The van der Waals surface area contributed by atoms with Crippen molar-refractivity contribution in [3.63, 3.8) is 0 Å². The highest BCUT2D eigenvalue weighted by molar-refractivity contribution is 5.78. The Morgan fingerprint density at radius 1 is 1.33 bits per heavy atom. The van der Waals surface area contributed by atoms with Crippen LogP contribution in [0.5, 0.6) is 0 Å². The van der Waals surface area contributed by atoms with Crippen LogP contribution >= 0.6 is 0 Å². The maximum Gasteiger partial charge on any atom is 0.261 e. The van der Waals surface area contributed by atoms with Gasteiger partial charge in [-0.05, 0) is 12.1 Å². The average molecular weight is 249 g/mol. The van der Waals surface area contributed by atoms with Crippen LogP contribution in [0, 0.1) is 0 Å².